The molecule has 0 aliphatic carbocycles. The quantitative estimate of drug-likeness (QED) is 0.653. The number of benzene rings is 1. The van der Waals surface area contributed by atoms with Gasteiger partial charge in [-0.3, -0.25) is 9.48 Å². The standard InChI is InChI=1S/C22H27N7O3/c1-27-19(23)17-18(14-5-7-15(31-2)8-6-14)24-22(25-20(17)26-27)29-11-9-28(10-12-29)21(30)16-4-3-13-32-16/h5-8,16H,3-4,9-13,23H2,1-2H3. The molecule has 10 nitrogen and oxygen atoms in total. The third-order valence-corrected chi connectivity index (χ3v) is 6.17. The van der Waals surface area contributed by atoms with Gasteiger partial charge in [-0.2, -0.15) is 10.1 Å². The molecule has 4 heterocycles. The molecule has 2 N–H and O–H groups in total. The summed E-state index contributed by atoms with van der Waals surface area (Å²) in [5.74, 6) is 1.97. The predicted octanol–water partition coefficient (Wildman–Crippen LogP) is 1.45. The van der Waals surface area contributed by atoms with Gasteiger partial charge in [0.05, 0.1) is 18.2 Å². The molecular formula is C22H27N7O3. The van der Waals surface area contributed by atoms with E-state index in [0.717, 1.165) is 35.2 Å². The van der Waals surface area contributed by atoms with Crippen LogP contribution in [0.4, 0.5) is 11.8 Å². The first kappa shape index (κ1) is 20.5. The van der Waals surface area contributed by atoms with E-state index in [1.807, 2.05) is 29.2 Å². The van der Waals surface area contributed by atoms with Crippen molar-refractivity contribution in [3.63, 3.8) is 0 Å². The Hall–Kier alpha value is -3.40. The molecule has 3 aromatic rings. The van der Waals surface area contributed by atoms with Crippen molar-refractivity contribution in [1.82, 2.24) is 24.6 Å². The second-order valence-electron chi connectivity index (χ2n) is 8.12. The van der Waals surface area contributed by atoms with Crippen molar-refractivity contribution in [2.24, 2.45) is 7.05 Å². The fraction of sp³-hybridized carbons (Fsp3) is 0.455. The van der Waals surface area contributed by atoms with E-state index in [1.54, 1.807) is 18.8 Å². The highest BCUT2D eigenvalue weighted by atomic mass is 16.5. The molecule has 2 aliphatic rings. The number of fused-ring (bicyclic) bond motifs is 1. The number of ether oxygens (including phenoxy) is 2. The van der Waals surface area contributed by atoms with Crippen LogP contribution in [0.3, 0.4) is 0 Å². The zero-order valence-corrected chi connectivity index (χ0v) is 18.3. The highest BCUT2D eigenvalue weighted by molar-refractivity contribution is 5.99. The van der Waals surface area contributed by atoms with E-state index in [-0.39, 0.29) is 12.0 Å². The SMILES string of the molecule is COc1ccc(-c2nc(N3CCN(C(=O)C4CCCO4)CC3)nc3nn(C)c(N)c23)cc1. The zero-order valence-electron chi connectivity index (χ0n) is 18.3. The van der Waals surface area contributed by atoms with Crippen molar-refractivity contribution in [2.45, 2.75) is 18.9 Å². The van der Waals surface area contributed by atoms with E-state index >= 15 is 0 Å². The summed E-state index contributed by atoms with van der Waals surface area (Å²) in [6, 6.07) is 7.69. The van der Waals surface area contributed by atoms with Crippen LogP contribution in [-0.2, 0) is 16.6 Å². The van der Waals surface area contributed by atoms with Crippen molar-refractivity contribution in [1.29, 1.82) is 0 Å². The van der Waals surface area contributed by atoms with Crippen LogP contribution >= 0.6 is 0 Å². The monoisotopic (exact) mass is 437 g/mol. The highest BCUT2D eigenvalue weighted by Crippen LogP contribution is 2.33. The van der Waals surface area contributed by atoms with Crippen LogP contribution < -0.4 is 15.4 Å². The van der Waals surface area contributed by atoms with Gasteiger partial charge in [0.1, 0.15) is 17.7 Å². The summed E-state index contributed by atoms with van der Waals surface area (Å²) in [5.41, 5.74) is 8.49. The lowest BCUT2D eigenvalue weighted by Crippen LogP contribution is -2.51. The molecule has 5 rings (SSSR count). The smallest absolute Gasteiger partial charge is 0.251 e. The summed E-state index contributed by atoms with van der Waals surface area (Å²) in [7, 11) is 3.43. The van der Waals surface area contributed by atoms with E-state index < -0.39 is 0 Å². The molecule has 1 unspecified atom stereocenters. The lowest BCUT2D eigenvalue weighted by atomic mass is 10.1. The lowest BCUT2D eigenvalue weighted by molar-refractivity contribution is -0.141. The maximum absolute atomic E-state index is 12.7. The fourth-order valence-corrected chi connectivity index (χ4v) is 4.31. The van der Waals surface area contributed by atoms with Gasteiger partial charge in [-0.1, -0.05) is 0 Å². The second kappa shape index (κ2) is 8.27. The number of hydrogen-bond donors (Lipinski definition) is 1. The number of nitrogen functional groups attached to an aromatic ring is 1. The Labute approximate surface area is 185 Å². The van der Waals surface area contributed by atoms with Crippen LogP contribution in [0, 0.1) is 0 Å². The molecule has 0 spiro atoms. The average molecular weight is 438 g/mol. The number of anilines is 2. The molecule has 1 amide bonds. The van der Waals surface area contributed by atoms with E-state index in [2.05, 4.69) is 10.00 Å². The van der Waals surface area contributed by atoms with Crippen LogP contribution in [0.5, 0.6) is 5.75 Å². The summed E-state index contributed by atoms with van der Waals surface area (Å²) < 4.78 is 12.5. The molecule has 32 heavy (non-hydrogen) atoms. The van der Waals surface area contributed by atoms with E-state index in [4.69, 9.17) is 25.2 Å². The van der Waals surface area contributed by atoms with Gasteiger partial charge >= 0.3 is 0 Å². The van der Waals surface area contributed by atoms with Crippen molar-refractivity contribution < 1.29 is 14.3 Å². The normalized spacial score (nSPS) is 19.0. The number of rotatable bonds is 4. The summed E-state index contributed by atoms with van der Waals surface area (Å²) in [6.07, 6.45) is 1.48. The van der Waals surface area contributed by atoms with Crippen molar-refractivity contribution in [3.8, 4) is 17.0 Å². The lowest BCUT2D eigenvalue weighted by Gasteiger charge is -2.35. The first-order chi connectivity index (χ1) is 15.5. The first-order valence-electron chi connectivity index (χ1n) is 10.8. The number of piperazine rings is 1. The van der Waals surface area contributed by atoms with E-state index in [9.17, 15) is 4.79 Å². The van der Waals surface area contributed by atoms with Crippen LogP contribution in [-0.4, -0.2) is 76.6 Å². The summed E-state index contributed by atoms with van der Waals surface area (Å²) >= 11 is 0. The zero-order chi connectivity index (χ0) is 22.2. The van der Waals surface area contributed by atoms with E-state index in [0.29, 0.717) is 50.2 Å². The van der Waals surface area contributed by atoms with Gasteiger partial charge < -0.3 is 25.0 Å². The number of carbonyl (C=O) groups excluding carboxylic acids is 1. The Kier molecular flexibility index (Phi) is 5.30. The molecule has 2 fully saturated rings. The Morgan fingerprint density at radius 3 is 2.56 bits per heavy atom. The molecule has 0 saturated carbocycles. The van der Waals surface area contributed by atoms with Gasteiger partial charge in [-0.05, 0) is 37.1 Å². The Morgan fingerprint density at radius 1 is 1.16 bits per heavy atom. The summed E-state index contributed by atoms with van der Waals surface area (Å²) in [6.45, 7) is 3.19. The molecule has 2 saturated heterocycles. The summed E-state index contributed by atoms with van der Waals surface area (Å²) in [5, 5.41) is 5.22. The molecule has 10 heteroatoms. The second-order valence-corrected chi connectivity index (χ2v) is 8.12. The van der Waals surface area contributed by atoms with Crippen LogP contribution in [0.25, 0.3) is 22.3 Å². The minimum atomic E-state index is -0.285. The number of nitrogens with zero attached hydrogens (tertiary/aromatic N) is 6. The largest absolute Gasteiger partial charge is 0.497 e. The number of hydrogen-bond acceptors (Lipinski definition) is 8. The highest BCUT2D eigenvalue weighted by Gasteiger charge is 2.31. The van der Waals surface area contributed by atoms with Gasteiger partial charge in [-0.15, -0.1) is 0 Å². The maximum atomic E-state index is 12.7. The molecular weight excluding hydrogens is 410 g/mol. The minimum absolute atomic E-state index is 0.0925. The number of methoxy groups -OCH3 is 1. The van der Waals surface area contributed by atoms with Crippen LogP contribution in [0.1, 0.15) is 12.8 Å². The summed E-state index contributed by atoms with van der Waals surface area (Å²) in [4.78, 5) is 26.2. The van der Waals surface area contributed by atoms with Crippen molar-refractivity contribution in [3.05, 3.63) is 24.3 Å². The Bertz CT molecular complexity index is 1130. The Balaban J connectivity index is 1.44. The van der Waals surface area contributed by atoms with Gasteiger partial charge in [0.25, 0.3) is 5.91 Å². The third-order valence-electron chi connectivity index (χ3n) is 6.17. The average Bonchev–Trinajstić information content (AvgIpc) is 3.47. The van der Waals surface area contributed by atoms with Crippen LogP contribution in [0.15, 0.2) is 24.3 Å². The van der Waals surface area contributed by atoms with Crippen LogP contribution in [0.2, 0.25) is 0 Å². The van der Waals surface area contributed by atoms with Crippen molar-refractivity contribution >= 4 is 28.7 Å². The van der Waals surface area contributed by atoms with Gasteiger partial charge in [0.15, 0.2) is 5.65 Å². The molecule has 1 atom stereocenters. The third kappa shape index (κ3) is 3.60. The van der Waals surface area contributed by atoms with E-state index in [1.165, 1.54) is 0 Å². The predicted molar refractivity (Wildman–Crippen MR) is 120 cm³/mol. The number of aryl methyl sites for hydroxylation is 1. The number of nitrogens with two attached hydrogens (primary N) is 1. The molecule has 1 aromatic carbocycles. The van der Waals surface area contributed by atoms with Gasteiger partial charge in [0.2, 0.25) is 5.95 Å². The minimum Gasteiger partial charge on any atom is -0.497 e. The molecule has 0 bridgehead atoms. The molecule has 2 aliphatic heterocycles. The topological polar surface area (TPSA) is 112 Å². The molecule has 0 radical (unpaired) electrons. The van der Waals surface area contributed by atoms with Gasteiger partial charge in [-0.25, -0.2) is 4.98 Å². The number of aromatic nitrogens is 4. The maximum Gasteiger partial charge on any atom is 0.251 e. The van der Waals surface area contributed by atoms with Gasteiger partial charge in [0, 0.05) is 45.4 Å². The fourth-order valence-electron chi connectivity index (χ4n) is 4.31. The number of carbonyl (C=O) groups is 1. The first-order valence-corrected chi connectivity index (χ1v) is 10.8. The Morgan fingerprint density at radius 2 is 1.91 bits per heavy atom. The molecule has 2 aromatic heterocycles. The number of amides is 1. The van der Waals surface area contributed by atoms with Crippen molar-refractivity contribution in [2.75, 3.05) is 50.5 Å². The molecule has 168 valence electrons.